The van der Waals surface area contributed by atoms with Crippen LogP contribution in [-0.4, -0.2) is 38.6 Å². The molecule has 0 atom stereocenters. The second-order valence-corrected chi connectivity index (χ2v) is 6.74. The van der Waals surface area contributed by atoms with Crippen molar-refractivity contribution in [2.75, 3.05) is 6.61 Å². The number of hydrogen-bond acceptors (Lipinski definition) is 6. The number of aromatic nitrogens is 3. The molecule has 1 aliphatic rings. The topological polar surface area (TPSA) is 88.0 Å². The van der Waals surface area contributed by atoms with E-state index in [9.17, 15) is 4.79 Å². The van der Waals surface area contributed by atoms with Gasteiger partial charge in [0, 0.05) is 30.4 Å². The number of aliphatic hydroxyl groups excluding tert-OH is 1. The van der Waals surface area contributed by atoms with Crippen molar-refractivity contribution in [3.8, 4) is 10.7 Å². The average Bonchev–Trinajstić information content (AvgIpc) is 3.04. The zero-order valence-corrected chi connectivity index (χ0v) is 13.6. The van der Waals surface area contributed by atoms with E-state index < -0.39 is 0 Å². The van der Waals surface area contributed by atoms with Gasteiger partial charge in [-0.3, -0.25) is 14.8 Å². The lowest BCUT2D eigenvalue weighted by atomic mass is 9.86. The first-order valence-electron chi connectivity index (χ1n) is 7.85. The Morgan fingerprint density at radius 3 is 2.83 bits per heavy atom. The van der Waals surface area contributed by atoms with Crippen LogP contribution in [0.1, 0.15) is 31.4 Å². The number of aliphatic hydroxyl groups is 1. The predicted octanol–water partition coefficient (Wildman–Crippen LogP) is 1.81. The number of thiazole rings is 1. The van der Waals surface area contributed by atoms with E-state index in [-0.39, 0.29) is 25.0 Å². The first-order chi connectivity index (χ1) is 11.2. The third kappa shape index (κ3) is 4.33. The Kier molecular flexibility index (Phi) is 5.30. The average molecular weight is 332 g/mol. The first kappa shape index (κ1) is 16.0. The fourth-order valence-electron chi connectivity index (χ4n) is 2.85. The van der Waals surface area contributed by atoms with E-state index in [0.717, 1.165) is 42.1 Å². The summed E-state index contributed by atoms with van der Waals surface area (Å²) in [5.74, 6) is 0.407. The molecule has 0 spiro atoms. The summed E-state index contributed by atoms with van der Waals surface area (Å²) in [5, 5.41) is 14.9. The molecule has 0 radical (unpaired) electrons. The Labute approximate surface area is 139 Å². The SMILES string of the molecule is O=C(Cc1csc(-c2cnccn2)n1)NC1CCC(CO)CC1. The van der Waals surface area contributed by atoms with E-state index in [1.165, 1.54) is 11.3 Å². The maximum Gasteiger partial charge on any atom is 0.226 e. The van der Waals surface area contributed by atoms with Crippen molar-refractivity contribution in [1.29, 1.82) is 0 Å². The summed E-state index contributed by atoms with van der Waals surface area (Å²) in [6.07, 6.45) is 9.06. The van der Waals surface area contributed by atoms with Crippen molar-refractivity contribution in [2.24, 2.45) is 5.92 Å². The minimum atomic E-state index is 0.00782. The zero-order valence-electron chi connectivity index (χ0n) is 12.8. The number of carbonyl (C=O) groups excluding carboxylic acids is 1. The summed E-state index contributed by atoms with van der Waals surface area (Å²) in [6, 6.07) is 0.225. The van der Waals surface area contributed by atoms with Gasteiger partial charge in [0.1, 0.15) is 10.7 Å². The molecule has 1 amide bonds. The van der Waals surface area contributed by atoms with Crippen LogP contribution in [0.15, 0.2) is 24.0 Å². The molecule has 23 heavy (non-hydrogen) atoms. The maximum absolute atomic E-state index is 12.2. The smallest absolute Gasteiger partial charge is 0.226 e. The summed E-state index contributed by atoms with van der Waals surface area (Å²) in [4.78, 5) is 24.9. The van der Waals surface area contributed by atoms with Crippen molar-refractivity contribution in [2.45, 2.75) is 38.1 Å². The van der Waals surface area contributed by atoms with Crippen LogP contribution < -0.4 is 5.32 Å². The fourth-order valence-corrected chi connectivity index (χ4v) is 3.63. The number of nitrogens with zero attached hydrogens (tertiary/aromatic N) is 3. The summed E-state index contributed by atoms with van der Waals surface area (Å²) in [7, 11) is 0. The molecular formula is C16H20N4O2S. The number of nitrogens with one attached hydrogen (secondary N) is 1. The van der Waals surface area contributed by atoms with E-state index >= 15 is 0 Å². The minimum Gasteiger partial charge on any atom is -0.396 e. The third-order valence-electron chi connectivity index (χ3n) is 4.15. The molecular weight excluding hydrogens is 312 g/mol. The number of amides is 1. The van der Waals surface area contributed by atoms with E-state index in [4.69, 9.17) is 5.11 Å². The molecule has 2 heterocycles. The largest absolute Gasteiger partial charge is 0.396 e. The van der Waals surface area contributed by atoms with Crippen LogP contribution in [0.5, 0.6) is 0 Å². The molecule has 1 saturated carbocycles. The monoisotopic (exact) mass is 332 g/mol. The Bertz CT molecular complexity index is 639. The normalized spacial score (nSPS) is 21.1. The molecule has 0 saturated heterocycles. The van der Waals surface area contributed by atoms with Crippen LogP contribution >= 0.6 is 11.3 Å². The Hall–Kier alpha value is -1.86. The molecule has 1 fully saturated rings. The highest BCUT2D eigenvalue weighted by molar-refractivity contribution is 7.13. The van der Waals surface area contributed by atoms with Crippen molar-refractivity contribution >= 4 is 17.2 Å². The second kappa shape index (κ2) is 7.61. The van der Waals surface area contributed by atoms with Crippen LogP contribution in [0.2, 0.25) is 0 Å². The van der Waals surface area contributed by atoms with E-state index in [1.54, 1.807) is 18.6 Å². The molecule has 2 aromatic rings. The van der Waals surface area contributed by atoms with Crippen molar-refractivity contribution in [3.63, 3.8) is 0 Å². The lowest BCUT2D eigenvalue weighted by molar-refractivity contribution is -0.121. The van der Waals surface area contributed by atoms with Gasteiger partial charge in [0.05, 0.1) is 18.3 Å². The highest BCUT2D eigenvalue weighted by Gasteiger charge is 2.22. The molecule has 7 heteroatoms. The van der Waals surface area contributed by atoms with Gasteiger partial charge in [-0.15, -0.1) is 11.3 Å². The fraction of sp³-hybridized carbons (Fsp3) is 0.500. The predicted molar refractivity (Wildman–Crippen MR) is 87.8 cm³/mol. The van der Waals surface area contributed by atoms with Crippen LogP contribution in [0, 0.1) is 5.92 Å². The molecule has 0 unspecified atom stereocenters. The molecule has 1 aliphatic carbocycles. The van der Waals surface area contributed by atoms with E-state index in [2.05, 4.69) is 20.3 Å². The molecule has 122 valence electrons. The van der Waals surface area contributed by atoms with Crippen LogP contribution in [0.3, 0.4) is 0 Å². The molecule has 0 aromatic carbocycles. The molecule has 2 N–H and O–H groups in total. The Morgan fingerprint density at radius 2 is 2.13 bits per heavy atom. The van der Waals surface area contributed by atoms with Gasteiger partial charge in [-0.2, -0.15) is 0 Å². The van der Waals surface area contributed by atoms with E-state index in [1.807, 2.05) is 5.38 Å². The number of carbonyl (C=O) groups is 1. The van der Waals surface area contributed by atoms with Crippen LogP contribution in [0.4, 0.5) is 0 Å². The quantitative estimate of drug-likeness (QED) is 0.872. The lowest BCUT2D eigenvalue weighted by Crippen LogP contribution is -2.38. The Morgan fingerprint density at radius 1 is 1.30 bits per heavy atom. The number of rotatable bonds is 5. The van der Waals surface area contributed by atoms with Crippen molar-refractivity contribution in [3.05, 3.63) is 29.7 Å². The summed E-state index contributed by atoms with van der Waals surface area (Å²) < 4.78 is 0. The van der Waals surface area contributed by atoms with Crippen molar-refractivity contribution in [1.82, 2.24) is 20.3 Å². The van der Waals surface area contributed by atoms with Gasteiger partial charge in [0.15, 0.2) is 0 Å². The summed E-state index contributed by atoms with van der Waals surface area (Å²) >= 11 is 1.47. The standard InChI is InChI=1S/C16H20N4O2S/c21-9-11-1-3-12(4-2-11)19-15(22)7-13-10-23-16(20-13)14-8-17-5-6-18-14/h5-6,8,10-12,21H,1-4,7,9H2,(H,19,22). The van der Waals surface area contributed by atoms with Gasteiger partial charge in [0.25, 0.3) is 0 Å². The molecule has 2 aromatic heterocycles. The van der Waals surface area contributed by atoms with Crippen LogP contribution in [0.25, 0.3) is 10.7 Å². The lowest BCUT2D eigenvalue weighted by Gasteiger charge is -2.27. The molecule has 3 rings (SSSR count). The second-order valence-electron chi connectivity index (χ2n) is 5.88. The van der Waals surface area contributed by atoms with Gasteiger partial charge < -0.3 is 10.4 Å². The van der Waals surface area contributed by atoms with Crippen LogP contribution in [-0.2, 0) is 11.2 Å². The van der Waals surface area contributed by atoms with Gasteiger partial charge in [-0.1, -0.05) is 0 Å². The zero-order chi connectivity index (χ0) is 16.1. The molecule has 0 bridgehead atoms. The summed E-state index contributed by atoms with van der Waals surface area (Å²) in [6.45, 7) is 0.255. The Balaban J connectivity index is 1.52. The highest BCUT2D eigenvalue weighted by Crippen LogP contribution is 2.24. The first-order valence-corrected chi connectivity index (χ1v) is 8.73. The van der Waals surface area contributed by atoms with Gasteiger partial charge in [-0.05, 0) is 31.6 Å². The highest BCUT2D eigenvalue weighted by atomic mass is 32.1. The molecule has 6 nitrogen and oxygen atoms in total. The van der Waals surface area contributed by atoms with E-state index in [0.29, 0.717) is 5.92 Å². The third-order valence-corrected chi connectivity index (χ3v) is 5.06. The van der Waals surface area contributed by atoms with Gasteiger partial charge in [-0.25, -0.2) is 4.98 Å². The molecule has 0 aliphatic heterocycles. The maximum atomic E-state index is 12.2. The van der Waals surface area contributed by atoms with Crippen molar-refractivity contribution < 1.29 is 9.90 Å². The number of hydrogen-bond donors (Lipinski definition) is 2. The minimum absolute atomic E-state index is 0.00782. The van der Waals surface area contributed by atoms with Gasteiger partial charge in [0.2, 0.25) is 5.91 Å². The van der Waals surface area contributed by atoms with Gasteiger partial charge >= 0.3 is 0 Å². The summed E-state index contributed by atoms with van der Waals surface area (Å²) in [5.41, 5.74) is 1.49.